The fraction of sp³-hybridized carbons (Fsp3) is 0.385. The summed E-state index contributed by atoms with van der Waals surface area (Å²) in [5.74, 6) is -2.24. The average Bonchev–Trinajstić information content (AvgIpc) is 2.89. The number of alkyl halides is 1. The number of likely N-dealkylation sites (tertiary alicyclic amines) is 1. The Morgan fingerprint density at radius 1 is 1.50 bits per heavy atom. The minimum Gasteiger partial charge on any atom is -0.508 e. The Labute approximate surface area is 124 Å². The van der Waals surface area contributed by atoms with Crippen molar-refractivity contribution in [2.45, 2.75) is 12.1 Å². The van der Waals surface area contributed by atoms with Crippen molar-refractivity contribution in [2.75, 3.05) is 20.2 Å². The fourth-order valence-electron chi connectivity index (χ4n) is 2.32. The second kappa shape index (κ2) is 5.58. The van der Waals surface area contributed by atoms with Crippen LogP contribution in [0.2, 0.25) is 0 Å². The molecule has 22 heavy (non-hydrogen) atoms. The van der Waals surface area contributed by atoms with E-state index < -0.39 is 34.7 Å². The van der Waals surface area contributed by atoms with Crippen molar-refractivity contribution in [3.05, 3.63) is 33.9 Å². The number of carbonyl (C=O) groups is 2. The number of methoxy groups -OCH3 is 1. The number of nitrogens with zero attached hydrogens (tertiary/aromatic N) is 2. The van der Waals surface area contributed by atoms with E-state index in [2.05, 4.69) is 4.74 Å². The van der Waals surface area contributed by atoms with Crippen LogP contribution in [0.15, 0.2) is 18.2 Å². The van der Waals surface area contributed by atoms with Crippen molar-refractivity contribution in [1.29, 1.82) is 0 Å². The molecule has 1 N–H and O–H groups in total. The lowest BCUT2D eigenvalue weighted by Crippen LogP contribution is -2.39. The van der Waals surface area contributed by atoms with E-state index in [1.165, 1.54) is 0 Å². The van der Waals surface area contributed by atoms with Crippen LogP contribution >= 0.6 is 0 Å². The molecule has 0 spiro atoms. The third kappa shape index (κ3) is 2.69. The van der Waals surface area contributed by atoms with Crippen LogP contribution in [-0.4, -0.2) is 52.7 Å². The van der Waals surface area contributed by atoms with Gasteiger partial charge in [-0.1, -0.05) is 0 Å². The van der Waals surface area contributed by atoms with Gasteiger partial charge in [0.05, 0.1) is 18.6 Å². The minimum atomic E-state index is -2.32. The van der Waals surface area contributed by atoms with Crippen LogP contribution in [0, 0.1) is 10.1 Å². The van der Waals surface area contributed by atoms with Gasteiger partial charge in [0.15, 0.2) is 0 Å². The maximum atomic E-state index is 14.3. The van der Waals surface area contributed by atoms with Crippen molar-refractivity contribution in [2.24, 2.45) is 0 Å². The van der Waals surface area contributed by atoms with Crippen molar-refractivity contribution < 1.29 is 28.7 Å². The lowest BCUT2D eigenvalue weighted by Gasteiger charge is -2.19. The van der Waals surface area contributed by atoms with Gasteiger partial charge in [-0.05, 0) is 12.1 Å². The number of nitro groups is 1. The number of aromatic hydroxyl groups is 1. The molecular formula is C13H13FN2O6. The third-order valence-electron chi connectivity index (χ3n) is 3.47. The molecule has 0 aromatic heterocycles. The molecule has 1 aliphatic rings. The Hall–Kier alpha value is -2.71. The van der Waals surface area contributed by atoms with Crippen molar-refractivity contribution >= 4 is 17.6 Å². The first kappa shape index (κ1) is 15.7. The summed E-state index contributed by atoms with van der Waals surface area (Å²) in [6, 6.07) is 3.01. The monoisotopic (exact) mass is 312 g/mol. The summed E-state index contributed by atoms with van der Waals surface area (Å²) in [5.41, 5.74) is -3.19. The van der Waals surface area contributed by atoms with E-state index in [1.54, 1.807) is 0 Å². The molecule has 1 amide bonds. The number of halogens is 1. The SMILES string of the molecule is COC(=O)[C@]1(F)CCN(C(=O)c2cc(O)ccc2[N+](=O)[O-])C1. The van der Waals surface area contributed by atoms with E-state index in [9.17, 15) is 29.2 Å². The third-order valence-corrected chi connectivity index (χ3v) is 3.47. The van der Waals surface area contributed by atoms with Crippen LogP contribution in [0.25, 0.3) is 0 Å². The highest BCUT2D eigenvalue weighted by molar-refractivity contribution is 5.99. The molecule has 1 fully saturated rings. The average molecular weight is 312 g/mol. The molecular weight excluding hydrogens is 299 g/mol. The van der Waals surface area contributed by atoms with E-state index in [4.69, 9.17) is 0 Å². The molecule has 1 heterocycles. The predicted molar refractivity (Wildman–Crippen MR) is 71.1 cm³/mol. The maximum absolute atomic E-state index is 14.3. The highest BCUT2D eigenvalue weighted by atomic mass is 19.1. The summed E-state index contributed by atoms with van der Waals surface area (Å²) in [6.45, 7) is -0.636. The van der Waals surface area contributed by atoms with Crippen LogP contribution in [0.3, 0.4) is 0 Å². The summed E-state index contributed by atoms with van der Waals surface area (Å²) in [6.07, 6.45) is -0.252. The Balaban J connectivity index is 2.29. The zero-order valence-electron chi connectivity index (χ0n) is 11.6. The molecule has 1 saturated heterocycles. The van der Waals surface area contributed by atoms with Gasteiger partial charge in [0.1, 0.15) is 11.3 Å². The van der Waals surface area contributed by atoms with E-state index >= 15 is 0 Å². The maximum Gasteiger partial charge on any atom is 0.345 e. The molecule has 118 valence electrons. The lowest BCUT2D eigenvalue weighted by molar-refractivity contribution is -0.385. The number of hydrogen-bond donors (Lipinski definition) is 1. The predicted octanol–water partition coefficient (Wildman–Crippen LogP) is 1.03. The molecule has 0 bridgehead atoms. The van der Waals surface area contributed by atoms with Gasteiger partial charge < -0.3 is 14.7 Å². The van der Waals surface area contributed by atoms with Crippen molar-refractivity contribution in [3.8, 4) is 5.75 Å². The number of carbonyl (C=O) groups excluding carboxylic acids is 2. The number of hydrogen-bond acceptors (Lipinski definition) is 6. The fourth-order valence-corrected chi connectivity index (χ4v) is 2.32. The number of rotatable bonds is 3. The van der Waals surface area contributed by atoms with E-state index in [0.29, 0.717) is 0 Å². The van der Waals surface area contributed by atoms with Crippen molar-refractivity contribution in [1.82, 2.24) is 4.90 Å². The molecule has 1 aromatic rings. The van der Waals surface area contributed by atoms with E-state index in [1.807, 2.05) is 0 Å². The van der Waals surface area contributed by atoms with Gasteiger partial charge in [-0.15, -0.1) is 0 Å². The number of phenolic OH excluding ortho intramolecular Hbond substituents is 1. The summed E-state index contributed by atoms with van der Waals surface area (Å²) in [4.78, 5) is 34.9. The Kier molecular flexibility index (Phi) is 3.98. The van der Waals surface area contributed by atoms with Gasteiger partial charge in [0.2, 0.25) is 5.67 Å². The van der Waals surface area contributed by atoms with Gasteiger partial charge in [0.25, 0.3) is 11.6 Å². The van der Waals surface area contributed by atoms with E-state index in [-0.39, 0.29) is 24.3 Å². The van der Waals surface area contributed by atoms with Gasteiger partial charge >= 0.3 is 5.97 Å². The standard InChI is InChI=1S/C13H13FN2O6/c1-22-12(19)13(14)4-5-15(7-13)11(18)9-6-8(17)2-3-10(9)16(20)21/h2-3,6,17H,4-5,7H2,1H3/t13-/m0/s1. The number of amides is 1. The summed E-state index contributed by atoms with van der Waals surface area (Å²) >= 11 is 0. The minimum absolute atomic E-state index is 0.0861. The number of phenols is 1. The first-order chi connectivity index (χ1) is 10.3. The largest absolute Gasteiger partial charge is 0.508 e. The second-order valence-electron chi connectivity index (χ2n) is 4.89. The summed E-state index contributed by atoms with van der Waals surface area (Å²) in [5, 5.41) is 20.3. The molecule has 1 atom stereocenters. The van der Waals surface area contributed by atoms with Crippen LogP contribution in [0.4, 0.5) is 10.1 Å². The molecule has 1 aliphatic heterocycles. The first-order valence-corrected chi connectivity index (χ1v) is 6.32. The molecule has 0 aliphatic carbocycles. The van der Waals surface area contributed by atoms with Crippen LogP contribution in [0.1, 0.15) is 16.8 Å². The number of nitro benzene ring substituents is 1. The Morgan fingerprint density at radius 2 is 2.18 bits per heavy atom. The second-order valence-corrected chi connectivity index (χ2v) is 4.89. The van der Waals surface area contributed by atoms with Gasteiger partial charge in [-0.2, -0.15) is 0 Å². The molecule has 1 aromatic carbocycles. The zero-order chi connectivity index (χ0) is 16.5. The molecule has 2 rings (SSSR count). The smallest absolute Gasteiger partial charge is 0.345 e. The van der Waals surface area contributed by atoms with Gasteiger partial charge in [-0.25, -0.2) is 9.18 Å². The molecule has 0 saturated carbocycles. The van der Waals surface area contributed by atoms with Crippen molar-refractivity contribution in [3.63, 3.8) is 0 Å². The highest BCUT2D eigenvalue weighted by Crippen LogP contribution is 2.31. The summed E-state index contributed by atoms with van der Waals surface area (Å²) in [7, 11) is 1.04. The van der Waals surface area contributed by atoms with Gasteiger partial charge in [-0.3, -0.25) is 14.9 Å². The molecule has 0 radical (unpaired) electrons. The molecule has 0 unspecified atom stereocenters. The van der Waals surface area contributed by atoms with Crippen LogP contribution in [0.5, 0.6) is 5.75 Å². The number of ether oxygens (including phenoxy) is 1. The molecule has 8 nitrogen and oxygen atoms in total. The number of benzene rings is 1. The number of esters is 1. The Bertz CT molecular complexity index is 649. The Morgan fingerprint density at radius 3 is 2.77 bits per heavy atom. The van der Waals surface area contributed by atoms with Gasteiger partial charge in [0, 0.05) is 19.0 Å². The molecule has 9 heteroatoms. The van der Waals surface area contributed by atoms with Crippen LogP contribution in [-0.2, 0) is 9.53 Å². The first-order valence-electron chi connectivity index (χ1n) is 6.32. The van der Waals surface area contributed by atoms with Crippen LogP contribution < -0.4 is 0 Å². The normalized spacial score (nSPS) is 20.7. The van der Waals surface area contributed by atoms with E-state index in [0.717, 1.165) is 30.2 Å². The topological polar surface area (TPSA) is 110 Å². The quantitative estimate of drug-likeness (QED) is 0.507. The zero-order valence-corrected chi connectivity index (χ0v) is 11.6. The summed E-state index contributed by atoms with van der Waals surface area (Å²) < 4.78 is 18.7. The highest BCUT2D eigenvalue weighted by Gasteiger charge is 2.48. The lowest BCUT2D eigenvalue weighted by atomic mass is 10.1.